The van der Waals surface area contributed by atoms with Crippen molar-refractivity contribution in [2.45, 2.75) is 38.1 Å². The lowest BCUT2D eigenvalue weighted by Gasteiger charge is -2.35. The van der Waals surface area contributed by atoms with E-state index >= 15 is 0 Å². The van der Waals surface area contributed by atoms with Gasteiger partial charge in [-0.25, -0.2) is 0 Å². The molecule has 1 N–H and O–H groups in total. The van der Waals surface area contributed by atoms with Gasteiger partial charge in [0.25, 0.3) is 11.8 Å². The Kier molecular flexibility index (Phi) is 7.07. The molecule has 0 unspecified atom stereocenters. The lowest BCUT2D eigenvalue weighted by Crippen LogP contribution is -2.46. The molecule has 6 nitrogen and oxygen atoms in total. The van der Waals surface area contributed by atoms with Crippen LogP contribution in [0.25, 0.3) is 0 Å². The van der Waals surface area contributed by atoms with Gasteiger partial charge in [-0.3, -0.25) is 9.59 Å². The van der Waals surface area contributed by atoms with Gasteiger partial charge in [-0.15, -0.1) is 0 Å². The fourth-order valence-electron chi connectivity index (χ4n) is 4.40. The van der Waals surface area contributed by atoms with E-state index < -0.39 is 0 Å². The Balaban J connectivity index is 1.30. The van der Waals surface area contributed by atoms with Gasteiger partial charge in [0, 0.05) is 37.9 Å². The van der Waals surface area contributed by atoms with Gasteiger partial charge in [0.05, 0.1) is 5.56 Å². The number of rotatable bonds is 6. The molecule has 0 atom stereocenters. The minimum Gasteiger partial charge on any atom is -0.484 e. The molecule has 2 aromatic carbocycles. The second kappa shape index (κ2) is 10.3. The summed E-state index contributed by atoms with van der Waals surface area (Å²) in [5.74, 6) is 0.745. The average Bonchev–Trinajstić information content (AvgIpc) is 2.84. The topological polar surface area (TPSA) is 61.9 Å². The number of piperidine rings is 2. The third-order valence-electron chi connectivity index (χ3n) is 6.09. The van der Waals surface area contributed by atoms with Crippen LogP contribution in [0.2, 0.25) is 0 Å². The normalized spacial score (nSPS) is 17.3. The molecule has 2 aliphatic rings. The van der Waals surface area contributed by atoms with E-state index in [0.29, 0.717) is 5.75 Å². The lowest BCUT2D eigenvalue weighted by molar-refractivity contribution is -0.123. The first kappa shape index (κ1) is 21.2. The van der Waals surface area contributed by atoms with Crippen molar-refractivity contribution in [1.29, 1.82) is 0 Å². The van der Waals surface area contributed by atoms with Crippen LogP contribution in [0.1, 0.15) is 42.5 Å². The highest BCUT2D eigenvalue weighted by molar-refractivity contribution is 6.00. The number of likely N-dealkylation sites (tertiary alicyclic amines) is 1. The summed E-state index contributed by atoms with van der Waals surface area (Å²) in [7, 11) is 0. The van der Waals surface area contributed by atoms with Crippen LogP contribution in [0.3, 0.4) is 0 Å². The Labute approximate surface area is 184 Å². The first-order valence-corrected chi connectivity index (χ1v) is 11.3. The monoisotopic (exact) mass is 421 g/mol. The molecular weight excluding hydrogens is 390 g/mol. The molecule has 2 aliphatic heterocycles. The number of para-hydroxylation sites is 2. The third-order valence-corrected chi connectivity index (χ3v) is 6.09. The lowest BCUT2D eigenvalue weighted by atomic mass is 10.0. The quantitative estimate of drug-likeness (QED) is 0.776. The molecule has 2 fully saturated rings. The van der Waals surface area contributed by atoms with Gasteiger partial charge < -0.3 is 19.9 Å². The molecule has 2 saturated heterocycles. The molecule has 0 radical (unpaired) electrons. The number of hydrogen-bond acceptors (Lipinski definition) is 4. The third kappa shape index (κ3) is 5.57. The minimum absolute atomic E-state index is 0.0252. The predicted molar refractivity (Wildman–Crippen MR) is 122 cm³/mol. The first-order chi connectivity index (χ1) is 15.2. The SMILES string of the molecule is O=C(COc1ccccc1)NC1CCN(c2ccccc2C(=O)N2CCCCC2)CC1. The molecule has 2 heterocycles. The molecule has 164 valence electrons. The number of ether oxygens (including phenoxy) is 1. The molecule has 0 aromatic heterocycles. The van der Waals surface area contributed by atoms with Crippen LogP contribution < -0.4 is 15.0 Å². The smallest absolute Gasteiger partial charge is 0.258 e. The molecule has 4 rings (SSSR count). The van der Waals surface area contributed by atoms with Crippen molar-refractivity contribution >= 4 is 17.5 Å². The Bertz CT molecular complexity index is 873. The van der Waals surface area contributed by atoms with Crippen LogP contribution in [0.4, 0.5) is 5.69 Å². The maximum Gasteiger partial charge on any atom is 0.258 e. The van der Waals surface area contributed by atoms with Crippen molar-refractivity contribution in [3.8, 4) is 5.75 Å². The summed E-state index contributed by atoms with van der Waals surface area (Å²) in [6.07, 6.45) is 5.09. The van der Waals surface area contributed by atoms with Gasteiger partial charge in [-0.2, -0.15) is 0 Å². The largest absolute Gasteiger partial charge is 0.484 e. The second-order valence-electron chi connectivity index (χ2n) is 8.30. The molecule has 0 spiro atoms. The molecule has 2 amide bonds. The van der Waals surface area contributed by atoms with E-state index in [1.54, 1.807) is 0 Å². The van der Waals surface area contributed by atoms with Gasteiger partial charge in [0.15, 0.2) is 6.61 Å². The fraction of sp³-hybridized carbons (Fsp3) is 0.440. The van der Waals surface area contributed by atoms with E-state index in [1.165, 1.54) is 6.42 Å². The van der Waals surface area contributed by atoms with Gasteiger partial charge >= 0.3 is 0 Å². The second-order valence-corrected chi connectivity index (χ2v) is 8.30. The number of hydrogen-bond donors (Lipinski definition) is 1. The molecular formula is C25H31N3O3. The minimum atomic E-state index is -0.0945. The van der Waals surface area contributed by atoms with Crippen molar-refractivity contribution in [3.05, 3.63) is 60.2 Å². The van der Waals surface area contributed by atoms with E-state index in [4.69, 9.17) is 4.74 Å². The van der Waals surface area contributed by atoms with E-state index in [0.717, 1.165) is 63.1 Å². The van der Waals surface area contributed by atoms with E-state index in [9.17, 15) is 9.59 Å². The zero-order chi connectivity index (χ0) is 21.5. The van der Waals surface area contributed by atoms with E-state index in [1.807, 2.05) is 59.5 Å². The summed E-state index contributed by atoms with van der Waals surface area (Å²) in [6, 6.07) is 17.4. The van der Waals surface area contributed by atoms with Crippen LogP contribution in [-0.2, 0) is 4.79 Å². The molecule has 0 aliphatic carbocycles. The average molecular weight is 422 g/mol. The Morgan fingerprint density at radius 1 is 0.871 bits per heavy atom. The first-order valence-electron chi connectivity index (χ1n) is 11.3. The number of anilines is 1. The standard InChI is InChI=1S/C25H31N3O3/c29-24(19-31-21-9-3-1-4-10-21)26-20-13-17-27(18-14-20)23-12-6-5-11-22(23)25(30)28-15-7-2-8-16-28/h1,3-6,9-12,20H,2,7-8,13-19H2,(H,26,29). The zero-order valence-corrected chi connectivity index (χ0v) is 18.0. The maximum atomic E-state index is 13.1. The van der Waals surface area contributed by atoms with E-state index in [-0.39, 0.29) is 24.5 Å². The molecule has 6 heteroatoms. The van der Waals surface area contributed by atoms with Crippen molar-refractivity contribution in [1.82, 2.24) is 10.2 Å². The highest BCUT2D eigenvalue weighted by Crippen LogP contribution is 2.26. The van der Waals surface area contributed by atoms with Crippen LogP contribution in [0.15, 0.2) is 54.6 Å². The molecule has 0 saturated carbocycles. The number of amides is 2. The number of benzene rings is 2. The number of carbonyl (C=O) groups is 2. The Hall–Kier alpha value is -3.02. The fourth-order valence-corrected chi connectivity index (χ4v) is 4.40. The number of carbonyl (C=O) groups excluding carboxylic acids is 2. The Morgan fingerprint density at radius 2 is 1.55 bits per heavy atom. The van der Waals surface area contributed by atoms with Gasteiger partial charge in [-0.05, 0) is 56.4 Å². The highest BCUT2D eigenvalue weighted by atomic mass is 16.5. The summed E-state index contributed by atoms with van der Waals surface area (Å²) in [5.41, 5.74) is 1.80. The zero-order valence-electron chi connectivity index (χ0n) is 18.0. The van der Waals surface area contributed by atoms with Crippen LogP contribution in [0, 0.1) is 0 Å². The number of nitrogens with zero attached hydrogens (tertiary/aromatic N) is 2. The summed E-state index contributed by atoms with van der Waals surface area (Å²) < 4.78 is 5.53. The Morgan fingerprint density at radius 3 is 2.29 bits per heavy atom. The van der Waals surface area contributed by atoms with Crippen molar-refractivity contribution in [2.75, 3.05) is 37.7 Å². The molecule has 2 aromatic rings. The summed E-state index contributed by atoms with van der Waals surface area (Å²) in [5, 5.41) is 3.08. The van der Waals surface area contributed by atoms with Crippen LogP contribution in [0.5, 0.6) is 5.75 Å². The summed E-state index contributed by atoms with van der Waals surface area (Å²) in [4.78, 5) is 29.6. The molecule has 31 heavy (non-hydrogen) atoms. The predicted octanol–water partition coefficient (Wildman–Crippen LogP) is 3.48. The van der Waals surface area contributed by atoms with Gasteiger partial charge in [-0.1, -0.05) is 30.3 Å². The van der Waals surface area contributed by atoms with Gasteiger partial charge in [0.2, 0.25) is 0 Å². The highest BCUT2D eigenvalue weighted by Gasteiger charge is 2.26. The molecule has 0 bridgehead atoms. The van der Waals surface area contributed by atoms with Crippen molar-refractivity contribution in [3.63, 3.8) is 0 Å². The van der Waals surface area contributed by atoms with Crippen molar-refractivity contribution in [2.24, 2.45) is 0 Å². The van der Waals surface area contributed by atoms with E-state index in [2.05, 4.69) is 10.2 Å². The van der Waals surface area contributed by atoms with Crippen LogP contribution >= 0.6 is 0 Å². The maximum absolute atomic E-state index is 13.1. The van der Waals surface area contributed by atoms with Crippen LogP contribution in [-0.4, -0.2) is 55.5 Å². The van der Waals surface area contributed by atoms with Crippen molar-refractivity contribution < 1.29 is 14.3 Å². The number of nitrogens with one attached hydrogen (secondary N) is 1. The summed E-state index contributed by atoms with van der Waals surface area (Å²) >= 11 is 0. The van der Waals surface area contributed by atoms with Gasteiger partial charge in [0.1, 0.15) is 5.75 Å². The summed E-state index contributed by atoms with van der Waals surface area (Å²) in [6.45, 7) is 3.36.